The Labute approximate surface area is 156 Å². The molecule has 2 aromatic carbocycles. The van der Waals surface area contributed by atoms with Gasteiger partial charge in [-0.15, -0.1) is 0 Å². The zero-order valence-electron chi connectivity index (χ0n) is 14.6. The second-order valence-corrected chi connectivity index (χ2v) is 8.80. The first-order valence-electron chi connectivity index (χ1n) is 8.40. The highest BCUT2D eigenvalue weighted by Gasteiger charge is 2.31. The average Bonchev–Trinajstić information content (AvgIpc) is 3.05. The molecule has 1 aliphatic rings. The zero-order valence-corrected chi connectivity index (χ0v) is 15.4. The number of aliphatic hydroxyl groups is 1. The fraction of sp³-hybridized carbons (Fsp3) is 0.300. The first-order chi connectivity index (χ1) is 12.6. The molecular weight excluding hydrogens is 377 g/mol. The Morgan fingerprint density at radius 3 is 1.74 bits per heavy atom. The van der Waals surface area contributed by atoms with Gasteiger partial charge >= 0.3 is 6.18 Å². The molecular formula is C20H19F3O3S. The minimum atomic E-state index is -4.39. The molecule has 0 saturated carbocycles. The van der Waals surface area contributed by atoms with Crippen LogP contribution in [-0.2, 0) is 16.0 Å². The minimum Gasteiger partial charge on any atom is -0.396 e. The second-order valence-electron chi connectivity index (χ2n) is 6.79. The Hall–Kier alpha value is -2.12. The van der Waals surface area contributed by atoms with E-state index in [1.807, 2.05) is 0 Å². The van der Waals surface area contributed by atoms with Crippen LogP contribution in [0.2, 0.25) is 0 Å². The van der Waals surface area contributed by atoms with Gasteiger partial charge in [-0.05, 0) is 65.3 Å². The lowest BCUT2D eigenvalue weighted by Gasteiger charge is -2.11. The van der Waals surface area contributed by atoms with E-state index >= 15 is 0 Å². The number of rotatable bonds is 4. The summed E-state index contributed by atoms with van der Waals surface area (Å²) in [6.07, 6.45) is -2.11. The third-order valence-electron chi connectivity index (χ3n) is 4.80. The van der Waals surface area contributed by atoms with Crippen LogP contribution in [0, 0.1) is 5.92 Å². The number of hydrogen-bond donors (Lipinski definition) is 1. The molecule has 0 radical (unpaired) electrons. The standard InChI is InChI=1S/C20H19F3O3S/c1-27(25,26)17-8-4-15(5-9-17)19-11-13(12-24)10-18(19)14-2-6-16(7-3-14)20(21,22)23/h2-9,13,24H,10-12H2,1H3. The topological polar surface area (TPSA) is 54.4 Å². The molecule has 1 N–H and O–H groups in total. The van der Waals surface area contributed by atoms with Gasteiger partial charge in [0.15, 0.2) is 9.84 Å². The van der Waals surface area contributed by atoms with E-state index < -0.39 is 21.6 Å². The number of sulfone groups is 1. The van der Waals surface area contributed by atoms with Crippen LogP contribution in [0.1, 0.15) is 29.5 Å². The largest absolute Gasteiger partial charge is 0.416 e. The molecule has 1 atom stereocenters. The molecule has 3 nitrogen and oxygen atoms in total. The highest BCUT2D eigenvalue weighted by Crippen LogP contribution is 2.43. The third-order valence-corrected chi connectivity index (χ3v) is 5.93. The number of halogens is 3. The number of aliphatic hydroxyl groups excluding tert-OH is 1. The lowest BCUT2D eigenvalue weighted by atomic mass is 9.96. The quantitative estimate of drug-likeness (QED) is 0.832. The SMILES string of the molecule is CS(=O)(=O)c1ccc(C2=C(c3ccc(C(F)(F)F)cc3)CC(CO)C2)cc1. The highest BCUT2D eigenvalue weighted by molar-refractivity contribution is 7.90. The van der Waals surface area contributed by atoms with E-state index in [-0.39, 0.29) is 17.4 Å². The molecule has 0 saturated heterocycles. The first-order valence-corrected chi connectivity index (χ1v) is 10.3. The monoisotopic (exact) mass is 396 g/mol. The van der Waals surface area contributed by atoms with Gasteiger partial charge < -0.3 is 5.11 Å². The Balaban J connectivity index is 2.01. The van der Waals surface area contributed by atoms with Crippen LogP contribution in [0.5, 0.6) is 0 Å². The molecule has 27 heavy (non-hydrogen) atoms. The van der Waals surface area contributed by atoms with Crippen LogP contribution < -0.4 is 0 Å². The van der Waals surface area contributed by atoms with Crippen LogP contribution >= 0.6 is 0 Å². The van der Waals surface area contributed by atoms with Crippen molar-refractivity contribution in [2.24, 2.45) is 5.92 Å². The van der Waals surface area contributed by atoms with E-state index in [0.717, 1.165) is 35.1 Å². The summed E-state index contributed by atoms with van der Waals surface area (Å²) >= 11 is 0. The maximum Gasteiger partial charge on any atom is 0.416 e. The van der Waals surface area contributed by atoms with Crippen molar-refractivity contribution in [2.45, 2.75) is 23.9 Å². The number of hydrogen-bond acceptors (Lipinski definition) is 3. The minimum absolute atomic E-state index is 0.00752. The van der Waals surface area contributed by atoms with E-state index in [2.05, 4.69) is 0 Å². The molecule has 0 bridgehead atoms. The van der Waals surface area contributed by atoms with Crippen molar-refractivity contribution < 1.29 is 26.7 Å². The van der Waals surface area contributed by atoms with Crippen LogP contribution in [0.25, 0.3) is 11.1 Å². The fourth-order valence-electron chi connectivity index (χ4n) is 3.37. The summed E-state index contributed by atoms with van der Waals surface area (Å²) in [5.74, 6) is -0.00752. The lowest BCUT2D eigenvalue weighted by molar-refractivity contribution is -0.137. The average molecular weight is 396 g/mol. The predicted molar refractivity (Wildman–Crippen MR) is 97.6 cm³/mol. The van der Waals surface area contributed by atoms with Crippen molar-refractivity contribution in [2.75, 3.05) is 12.9 Å². The molecule has 144 valence electrons. The summed E-state index contributed by atoms with van der Waals surface area (Å²) in [5.41, 5.74) is 2.60. The van der Waals surface area contributed by atoms with Crippen molar-refractivity contribution in [1.82, 2.24) is 0 Å². The van der Waals surface area contributed by atoms with Gasteiger partial charge in [0, 0.05) is 12.9 Å². The van der Waals surface area contributed by atoms with E-state index in [1.54, 1.807) is 12.1 Å². The zero-order chi connectivity index (χ0) is 19.8. The van der Waals surface area contributed by atoms with Gasteiger partial charge in [0.2, 0.25) is 0 Å². The van der Waals surface area contributed by atoms with E-state index in [1.165, 1.54) is 24.3 Å². The van der Waals surface area contributed by atoms with E-state index in [4.69, 9.17) is 0 Å². The maximum absolute atomic E-state index is 12.8. The fourth-order valence-corrected chi connectivity index (χ4v) is 4.00. The normalized spacial score (nSPS) is 18.2. The van der Waals surface area contributed by atoms with Gasteiger partial charge in [0.1, 0.15) is 0 Å². The molecule has 0 fully saturated rings. The smallest absolute Gasteiger partial charge is 0.396 e. The lowest BCUT2D eigenvalue weighted by Crippen LogP contribution is -2.04. The molecule has 3 rings (SSSR count). The van der Waals surface area contributed by atoms with Crippen molar-refractivity contribution in [3.8, 4) is 0 Å². The highest BCUT2D eigenvalue weighted by atomic mass is 32.2. The van der Waals surface area contributed by atoms with Gasteiger partial charge in [-0.1, -0.05) is 24.3 Å². The first kappa shape index (κ1) is 19.6. The van der Waals surface area contributed by atoms with Gasteiger partial charge in [0.25, 0.3) is 0 Å². The van der Waals surface area contributed by atoms with Gasteiger partial charge in [-0.25, -0.2) is 8.42 Å². The van der Waals surface area contributed by atoms with Crippen LogP contribution in [0.4, 0.5) is 13.2 Å². The van der Waals surface area contributed by atoms with Crippen molar-refractivity contribution in [3.63, 3.8) is 0 Å². The van der Waals surface area contributed by atoms with Crippen LogP contribution in [-0.4, -0.2) is 26.4 Å². The Bertz CT molecular complexity index is 957. The number of benzene rings is 2. The summed E-state index contributed by atoms with van der Waals surface area (Å²) < 4.78 is 61.6. The van der Waals surface area contributed by atoms with E-state index in [9.17, 15) is 26.7 Å². The summed E-state index contributed by atoms with van der Waals surface area (Å²) in [5, 5.41) is 9.54. The van der Waals surface area contributed by atoms with Crippen molar-refractivity contribution in [1.29, 1.82) is 0 Å². The molecule has 1 aliphatic carbocycles. The molecule has 0 aliphatic heterocycles. The van der Waals surface area contributed by atoms with E-state index in [0.29, 0.717) is 18.4 Å². The van der Waals surface area contributed by atoms with Crippen LogP contribution in [0.15, 0.2) is 53.4 Å². The number of allylic oxidation sites excluding steroid dienone is 2. The van der Waals surface area contributed by atoms with Gasteiger partial charge in [-0.3, -0.25) is 0 Å². The molecule has 0 aromatic heterocycles. The molecule has 0 heterocycles. The Kier molecular flexibility index (Phi) is 5.18. The third kappa shape index (κ3) is 4.25. The maximum atomic E-state index is 12.8. The Morgan fingerprint density at radius 2 is 1.37 bits per heavy atom. The Morgan fingerprint density at radius 1 is 0.926 bits per heavy atom. The molecule has 0 spiro atoms. The second kappa shape index (κ2) is 7.13. The number of alkyl halides is 3. The van der Waals surface area contributed by atoms with Crippen molar-refractivity contribution in [3.05, 3.63) is 65.2 Å². The van der Waals surface area contributed by atoms with Crippen LogP contribution in [0.3, 0.4) is 0 Å². The van der Waals surface area contributed by atoms with Gasteiger partial charge in [-0.2, -0.15) is 13.2 Å². The molecule has 0 amide bonds. The summed E-state index contributed by atoms with van der Waals surface area (Å²) in [6.45, 7) is -0.0188. The predicted octanol–water partition coefficient (Wildman–Crippen LogP) is 4.42. The summed E-state index contributed by atoms with van der Waals surface area (Å²) in [6, 6.07) is 11.5. The molecule has 7 heteroatoms. The molecule has 2 aromatic rings. The summed E-state index contributed by atoms with van der Waals surface area (Å²) in [4.78, 5) is 0.208. The van der Waals surface area contributed by atoms with Gasteiger partial charge in [0.05, 0.1) is 10.5 Å². The summed E-state index contributed by atoms with van der Waals surface area (Å²) in [7, 11) is -3.31. The molecule has 1 unspecified atom stereocenters. The van der Waals surface area contributed by atoms with Crippen molar-refractivity contribution >= 4 is 21.0 Å².